The first kappa shape index (κ1) is 19.9. The molecule has 4 heterocycles. The second-order valence-corrected chi connectivity index (χ2v) is 9.57. The number of fused-ring (bicyclic) bond motifs is 7. The Kier molecular flexibility index (Phi) is 3.97. The molecule has 3 fully saturated rings. The molecule has 8 heteroatoms. The third-order valence-corrected chi connectivity index (χ3v) is 8.15. The van der Waals surface area contributed by atoms with Crippen LogP contribution < -0.4 is 10.2 Å². The number of aryl methyl sites for hydroxylation is 1. The summed E-state index contributed by atoms with van der Waals surface area (Å²) in [6.45, 7) is 4.59. The first-order valence-corrected chi connectivity index (χ1v) is 11.2. The molecule has 0 saturated carbocycles. The minimum Gasteiger partial charge on any atom is -0.324 e. The molecule has 164 valence electrons. The minimum atomic E-state index is -1.22. The number of carbonyl (C=O) groups excluding carboxylic acids is 3. The average molecular weight is 454 g/mol. The zero-order chi connectivity index (χ0) is 22.5. The second-order valence-electron chi connectivity index (χ2n) is 9.17. The van der Waals surface area contributed by atoms with Gasteiger partial charge >= 0.3 is 0 Å². The van der Waals surface area contributed by atoms with Gasteiger partial charge in [-0.25, -0.2) is 9.29 Å². The van der Waals surface area contributed by atoms with E-state index >= 15 is 0 Å². The molecule has 0 unspecified atom stereocenters. The summed E-state index contributed by atoms with van der Waals surface area (Å²) >= 11 is 5.94. The maximum Gasteiger partial charge on any atom is 0.250 e. The fourth-order valence-corrected chi connectivity index (χ4v) is 6.57. The Hall–Kier alpha value is -2.77. The molecule has 2 aromatic carbocycles. The zero-order valence-corrected chi connectivity index (χ0v) is 18.4. The third-order valence-electron chi connectivity index (χ3n) is 7.86. The van der Waals surface area contributed by atoms with E-state index in [9.17, 15) is 18.8 Å². The molecule has 4 aliphatic rings. The highest BCUT2D eigenvalue weighted by Crippen LogP contribution is 2.61. The van der Waals surface area contributed by atoms with Crippen molar-refractivity contribution in [1.82, 2.24) is 4.90 Å². The molecule has 32 heavy (non-hydrogen) atoms. The first-order valence-electron chi connectivity index (χ1n) is 10.8. The molecule has 2 aromatic rings. The van der Waals surface area contributed by atoms with Crippen molar-refractivity contribution in [3.63, 3.8) is 0 Å². The lowest BCUT2D eigenvalue weighted by Gasteiger charge is -2.36. The third kappa shape index (κ3) is 2.16. The summed E-state index contributed by atoms with van der Waals surface area (Å²) in [6, 6.07) is 7.51. The average Bonchev–Trinajstić information content (AvgIpc) is 3.46. The van der Waals surface area contributed by atoms with E-state index in [1.54, 1.807) is 0 Å². The molecule has 0 aromatic heterocycles. The van der Waals surface area contributed by atoms with E-state index in [0.717, 1.165) is 46.2 Å². The molecule has 0 aliphatic carbocycles. The Morgan fingerprint density at radius 2 is 1.91 bits per heavy atom. The highest BCUT2D eigenvalue weighted by molar-refractivity contribution is 6.32. The largest absolute Gasteiger partial charge is 0.324 e. The SMILES string of the molecule is Cc1ccc2c(c1C)NC(=O)[C@@]21[C@H]2C(=O)N(c3ccc(F)c(Cl)c3)C(=O)[C@@H]2[C@H]2CCCN21. The van der Waals surface area contributed by atoms with Gasteiger partial charge in [-0.05, 0) is 62.6 Å². The van der Waals surface area contributed by atoms with Crippen molar-refractivity contribution in [3.05, 3.63) is 57.9 Å². The number of amides is 3. The molecule has 4 aliphatic heterocycles. The van der Waals surface area contributed by atoms with Crippen LogP contribution >= 0.6 is 11.6 Å². The molecular weight excluding hydrogens is 433 g/mol. The van der Waals surface area contributed by atoms with E-state index in [1.165, 1.54) is 12.1 Å². The van der Waals surface area contributed by atoms with Crippen LogP contribution in [0.4, 0.5) is 15.8 Å². The number of benzene rings is 2. The van der Waals surface area contributed by atoms with Crippen LogP contribution in [0.1, 0.15) is 29.5 Å². The normalized spacial score (nSPS) is 30.8. The Balaban J connectivity index is 1.56. The number of carbonyl (C=O) groups is 3. The second kappa shape index (κ2) is 6.39. The monoisotopic (exact) mass is 453 g/mol. The lowest BCUT2D eigenvalue weighted by Crippen LogP contribution is -2.54. The van der Waals surface area contributed by atoms with Crippen molar-refractivity contribution in [3.8, 4) is 0 Å². The Morgan fingerprint density at radius 3 is 2.66 bits per heavy atom. The van der Waals surface area contributed by atoms with Gasteiger partial charge in [0.25, 0.3) is 0 Å². The van der Waals surface area contributed by atoms with Crippen LogP contribution in [0.5, 0.6) is 0 Å². The van der Waals surface area contributed by atoms with Gasteiger partial charge < -0.3 is 5.32 Å². The predicted octanol–water partition coefficient (Wildman–Crippen LogP) is 3.53. The summed E-state index contributed by atoms with van der Waals surface area (Å²) in [5.74, 6) is -3.12. The summed E-state index contributed by atoms with van der Waals surface area (Å²) in [6.07, 6.45) is 1.60. The Bertz CT molecular complexity index is 1250. The minimum absolute atomic E-state index is 0.160. The van der Waals surface area contributed by atoms with Crippen LogP contribution in [0.25, 0.3) is 0 Å². The summed E-state index contributed by atoms with van der Waals surface area (Å²) < 4.78 is 13.7. The first-order chi connectivity index (χ1) is 15.3. The standard InChI is InChI=1S/C24H21ClFN3O3/c1-11-5-7-14-20(12(11)2)27-23(32)24(14)19-18(17-4-3-9-28(17)24)21(30)29(22(19)31)13-6-8-16(26)15(25)10-13/h5-8,10,17-19H,3-4,9H2,1-2H3,(H,27,32)/t17-,18-,19-,24+/m1/s1. The Labute approximate surface area is 189 Å². The molecule has 6 nitrogen and oxygen atoms in total. The van der Waals surface area contributed by atoms with Gasteiger partial charge in [-0.2, -0.15) is 0 Å². The summed E-state index contributed by atoms with van der Waals surface area (Å²) in [5.41, 5.74) is 2.54. The van der Waals surface area contributed by atoms with Gasteiger partial charge in [0.05, 0.1) is 22.5 Å². The molecular formula is C24H21ClFN3O3. The van der Waals surface area contributed by atoms with Gasteiger partial charge in [0.15, 0.2) is 0 Å². The van der Waals surface area contributed by atoms with Crippen molar-refractivity contribution < 1.29 is 18.8 Å². The van der Waals surface area contributed by atoms with Crippen LogP contribution in [-0.2, 0) is 19.9 Å². The van der Waals surface area contributed by atoms with Crippen molar-refractivity contribution in [2.24, 2.45) is 11.8 Å². The fourth-order valence-electron chi connectivity index (χ4n) is 6.40. The number of anilines is 2. The number of hydrogen-bond donors (Lipinski definition) is 1. The number of nitrogens with zero attached hydrogens (tertiary/aromatic N) is 2. The van der Waals surface area contributed by atoms with Crippen LogP contribution in [0.3, 0.4) is 0 Å². The van der Waals surface area contributed by atoms with Gasteiger partial charge in [0.2, 0.25) is 17.7 Å². The smallest absolute Gasteiger partial charge is 0.250 e. The van der Waals surface area contributed by atoms with Crippen molar-refractivity contribution in [2.45, 2.75) is 38.3 Å². The van der Waals surface area contributed by atoms with E-state index in [-0.39, 0.29) is 28.6 Å². The van der Waals surface area contributed by atoms with Crippen LogP contribution in [0.15, 0.2) is 30.3 Å². The Morgan fingerprint density at radius 1 is 1.12 bits per heavy atom. The van der Waals surface area contributed by atoms with Crippen molar-refractivity contribution in [1.29, 1.82) is 0 Å². The molecule has 3 saturated heterocycles. The molecule has 1 N–H and O–H groups in total. The van der Waals surface area contributed by atoms with E-state index < -0.39 is 29.1 Å². The van der Waals surface area contributed by atoms with Gasteiger partial charge in [-0.15, -0.1) is 0 Å². The summed E-state index contributed by atoms with van der Waals surface area (Å²) in [5, 5.41) is 2.88. The number of hydrogen-bond acceptors (Lipinski definition) is 4. The van der Waals surface area contributed by atoms with E-state index in [0.29, 0.717) is 6.54 Å². The quantitative estimate of drug-likeness (QED) is 0.671. The van der Waals surface area contributed by atoms with Gasteiger partial charge in [-0.1, -0.05) is 23.7 Å². The summed E-state index contributed by atoms with van der Waals surface area (Å²) in [7, 11) is 0. The molecule has 1 spiro atoms. The number of nitrogens with one attached hydrogen (secondary N) is 1. The highest BCUT2D eigenvalue weighted by atomic mass is 35.5. The molecule has 4 atom stereocenters. The molecule has 0 bridgehead atoms. The predicted molar refractivity (Wildman–Crippen MR) is 117 cm³/mol. The van der Waals surface area contributed by atoms with E-state index in [1.807, 2.05) is 26.0 Å². The lowest BCUT2D eigenvalue weighted by atomic mass is 9.75. The summed E-state index contributed by atoms with van der Waals surface area (Å²) in [4.78, 5) is 44.4. The highest BCUT2D eigenvalue weighted by Gasteiger charge is 2.74. The van der Waals surface area contributed by atoms with Crippen LogP contribution in [-0.4, -0.2) is 35.2 Å². The molecule has 6 rings (SSSR count). The number of imide groups is 1. The lowest BCUT2D eigenvalue weighted by molar-refractivity contribution is -0.135. The molecule has 0 radical (unpaired) electrons. The van der Waals surface area contributed by atoms with E-state index in [4.69, 9.17) is 11.6 Å². The zero-order valence-electron chi connectivity index (χ0n) is 17.6. The maximum absolute atomic E-state index is 13.9. The van der Waals surface area contributed by atoms with E-state index in [2.05, 4.69) is 10.2 Å². The van der Waals surface area contributed by atoms with Gasteiger partial charge in [0.1, 0.15) is 11.4 Å². The number of rotatable bonds is 1. The maximum atomic E-state index is 13.9. The van der Waals surface area contributed by atoms with Crippen LogP contribution in [0.2, 0.25) is 5.02 Å². The van der Waals surface area contributed by atoms with Gasteiger partial charge in [-0.3, -0.25) is 19.3 Å². The molecule has 3 amide bonds. The topological polar surface area (TPSA) is 69.7 Å². The van der Waals surface area contributed by atoms with Crippen LogP contribution in [0, 0.1) is 31.5 Å². The fraction of sp³-hybridized carbons (Fsp3) is 0.375. The van der Waals surface area contributed by atoms with Gasteiger partial charge in [0, 0.05) is 17.3 Å². The van der Waals surface area contributed by atoms with Crippen molar-refractivity contribution in [2.75, 3.05) is 16.8 Å². The number of halogens is 2. The van der Waals surface area contributed by atoms with Crippen molar-refractivity contribution >= 4 is 40.7 Å².